The zero-order chi connectivity index (χ0) is 12.3. The van der Waals surface area contributed by atoms with Crippen LogP contribution in [0.5, 0.6) is 11.5 Å². The molecule has 0 fully saturated rings. The first kappa shape index (κ1) is 11.7. The van der Waals surface area contributed by atoms with E-state index in [1.54, 1.807) is 6.07 Å². The lowest BCUT2D eigenvalue weighted by atomic mass is 10.1. The number of aliphatic hydroxyl groups is 1. The van der Waals surface area contributed by atoms with Crippen molar-refractivity contribution in [1.82, 2.24) is 0 Å². The zero-order valence-electron chi connectivity index (χ0n) is 9.66. The van der Waals surface area contributed by atoms with Gasteiger partial charge in [0.1, 0.15) is 0 Å². The zero-order valence-corrected chi connectivity index (χ0v) is 9.66. The van der Waals surface area contributed by atoms with Crippen LogP contribution in [-0.4, -0.2) is 24.4 Å². The Hall–Kier alpha value is -1.75. The number of anilines is 1. The highest BCUT2D eigenvalue weighted by atomic mass is 16.7. The first-order valence-electron chi connectivity index (χ1n) is 5.51. The van der Waals surface area contributed by atoms with Crippen molar-refractivity contribution < 1.29 is 19.4 Å². The Bertz CT molecular complexity index is 431. The van der Waals surface area contributed by atoms with Gasteiger partial charge in [-0.05, 0) is 25.0 Å². The fraction of sp³-hybridized carbons (Fsp3) is 0.417. The second kappa shape index (κ2) is 5.05. The Labute approximate surface area is 99.3 Å². The van der Waals surface area contributed by atoms with Gasteiger partial charge in [-0.1, -0.05) is 0 Å². The minimum absolute atomic E-state index is 0.0214. The molecular formula is C12H15NO4. The molecule has 2 N–H and O–H groups in total. The lowest BCUT2D eigenvalue weighted by molar-refractivity contribution is -0.116. The molecule has 0 bridgehead atoms. The third kappa shape index (κ3) is 2.68. The van der Waals surface area contributed by atoms with Crippen molar-refractivity contribution in [2.45, 2.75) is 19.8 Å². The van der Waals surface area contributed by atoms with E-state index >= 15 is 0 Å². The molecule has 0 aliphatic carbocycles. The summed E-state index contributed by atoms with van der Waals surface area (Å²) in [5.41, 5.74) is 1.64. The van der Waals surface area contributed by atoms with Gasteiger partial charge in [-0.3, -0.25) is 4.79 Å². The normalized spacial score (nSPS) is 12.6. The summed E-state index contributed by atoms with van der Waals surface area (Å²) in [6.07, 6.45) is 0.778. The van der Waals surface area contributed by atoms with Crippen LogP contribution in [-0.2, 0) is 4.79 Å². The van der Waals surface area contributed by atoms with E-state index in [-0.39, 0.29) is 19.3 Å². The number of hydrogen-bond donors (Lipinski definition) is 2. The smallest absolute Gasteiger partial charge is 0.231 e. The van der Waals surface area contributed by atoms with Crippen LogP contribution in [0.3, 0.4) is 0 Å². The Morgan fingerprint density at radius 3 is 2.82 bits per heavy atom. The first-order chi connectivity index (χ1) is 8.20. The summed E-state index contributed by atoms with van der Waals surface area (Å²) in [5.74, 6) is 1.24. The van der Waals surface area contributed by atoms with Crippen LogP contribution >= 0.6 is 0 Å². The molecule has 1 heterocycles. The van der Waals surface area contributed by atoms with E-state index in [0.717, 1.165) is 11.3 Å². The second-order valence-corrected chi connectivity index (χ2v) is 3.90. The van der Waals surface area contributed by atoms with E-state index in [4.69, 9.17) is 14.6 Å². The van der Waals surface area contributed by atoms with E-state index in [9.17, 15) is 4.79 Å². The summed E-state index contributed by atoms with van der Waals surface area (Å²) in [6.45, 7) is 2.13. The number of nitrogens with one attached hydrogen (secondary N) is 1. The summed E-state index contributed by atoms with van der Waals surface area (Å²) >= 11 is 0. The van der Waals surface area contributed by atoms with Crippen molar-refractivity contribution in [1.29, 1.82) is 0 Å². The Balaban J connectivity index is 2.08. The standard InChI is InChI=1S/C12H15NO4/c1-8-5-10-11(17-7-16-10)6-9(8)13-12(15)3-2-4-14/h5-6,14H,2-4,7H2,1H3,(H,13,15). The average molecular weight is 237 g/mol. The van der Waals surface area contributed by atoms with Gasteiger partial charge in [0.15, 0.2) is 11.5 Å². The van der Waals surface area contributed by atoms with E-state index in [2.05, 4.69) is 5.32 Å². The lowest BCUT2D eigenvalue weighted by Crippen LogP contribution is -2.12. The maximum Gasteiger partial charge on any atom is 0.231 e. The summed E-state index contributed by atoms with van der Waals surface area (Å²) in [5, 5.41) is 11.4. The first-order valence-corrected chi connectivity index (χ1v) is 5.51. The molecule has 0 saturated heterocycles. The molecule has 0 aromatic heterocycles. The molecule has 0 spiro atoms. The number of rotatable bonds is 4. The number of aliphatic hydroxyl groups excluding tert-OH is 1. The number of carbonyl (C=O) groups is 1. The van der Waals surface area contributed by atoms with Crippen molar-refractivity contribution >= 4 is 11.6 Å². The number of carbonyl (C=O) groups excluding carboxylic acids is 1. The highest BCUT2D eigenvalue weighted by molar-refractivity contribution is 5.92. The average Bonchev–Trinajstić information content (AvgIpc) is 2.74. The largest absolute Gasteiger partial charge is 0.454 e. The van der Waals surface area contributed by atoms with Gasteiger partial charge in [0.25, 0.3) is 0 Å². The Kier molecular flexibility index (Phi) is 3.49. The van der Waals surface area contributed by atoms with E-state index in [0.29, 0.717) is 24.3 Å². The predicted octanol–water partition coefficient (Wildman–Crippen LogP) is 1.43. The summed E-state index contributed by atoms with van der Waals surface area (Å²) in [6, 6.07) is 3.60. The fourth-order valence-corrected chi connectivity index (χ4v) is 1.63. The number of aryl methyl sites for hydroxylation is 1. The van der Waals surface area contributed by atoms with Crippen molar-refractivity contribution in [3.63, 3.8) is 0 Å². The fourth-order valence-electron chi connectivity index (χ4n) is 1.63. The number of ether oxygens (including phenoxy) is 2. The van der Waals surface area contributed by atoms with Gasteiger partial charge in [-0.15, -0.1) is 0 Å². The van der Waals surface area contributed by atoms with Crippen LogP contribution in [0.1, 0.15) is 18.4 Å². The van der Waals surface area contributed by atoms with Gasteiger partial charge in [-0.2, -0.15) is 0 Å². The molecule has 0 radical (unpaired) electrons. The maximum atomic E-state index is 11.5. The number of fused-ring (bicyclic) bond motifs is 1. The van der Waals surface area contributed by atoms with Crippen molar-refractivity contribution in [2.24, 2.45) is 0 Å². The van der Waals surface area contributed by atoms with Crippen LogP contribution in [0, 0.1) is 6.92 Å². The van der Waals surface area contributed by atoms with Gasteiger partial charge >= 0.3 is 0 Å². The molecule has 5 nitrogen and oxygen atoms in total. The Morgan fingerprint density at radius 1 is 1.41 bits per heavy atom. The van der Waals surface area contributed by atoms with Crippen molar-refractivity contribution in [2.75, 3.05) is 18.7 Å². The quantitative estimate of drug-likeness (QED) is 0.831. The molecule has 1 aromatic rings. The van der Waals surface area contributed by atoms with Crippen LogP contribution in [0.25, 0.3) is 0 Å². The van der Waals surface area contributed by atoms with Gasteiger partial charge in [0.05, 0.1) is 0 Å². The van der Waals surface area contributed by atoms with Crippen molar-refractivity contribution in [3.05, 3.63) is 17.7 Å². The van der Waals surface area contributed by atoms with E-state index < -0.39 is 0 Å². The summed E-state index contributed by atoms with van der Waals surface area (Å²) in [4.78, 5) is 11.5. The molecule has 1 aromatic carbocycles. The topological polar surface area (TPSA) is 67.8 Å². The molecule has 2 rings (SSSR count). The highest BCUT2D eigenvalue weighted by Crippen LogP contribution is 2.36. The molecular weight excluding hydrogens is 222 g/mol. The molecule has 1 amide bonds. The third-order valence-electron chi connectivity index (χ3n) is 2.56. The lowest BCUT2D eigenvalue weighted by Gasteiger charge is -2.09. The van der Waals surface area contributed by atoms with Gasteiger partial charge < -0.3 is 19.9 Å². The van der Waals surface area contributed by atoms with Gasteiger partial charge in [-0.25, -0.2) is 0 Å². The van der Waals surface area contributed by atoms with Crippen molar-refractivity contribution in [3.8, 4) is 11.5 Å². The number of amides is 1. The molecule has 0 atom stereocenters. The molecule has 5 heteroatoms. The minimum Gasteiger partial charge on any atom is -0.454 e. The summed E-state index contributed by atoms with van der Waals surface area (Å²) in [7, 11) is 0. The molecule has 0 unspecified atom stereocenters. The SMILES string of the molecule is Cc1cc2c(cc1NC(=O)CCCO)OCO2. The van der Waals surface area contributed by atoms with Crippen LogP contribution < -0.4 is 14.8 Å². The Morgan fingerprint density at radius 2 is 2.12 bits per heavy atom. The molecule has 17 heavy (non-hydrogen) atoms. The summed E-state index contributed by atoms with van der Waals surface area (Å²) < 4.78 is 10.5. The van der Waals surface area contributed by atoms with Gasteiger partial charge in [0, 0.05) is 24.8 Å². The van der Waals surface area contributed by atoms with Crippen LogP contribution in [0.2, 0.25) is 0 Å². The van der Waals surface area contributed by atoms with E-state index in [1.807, 2.05) is 13.0 Å². The van der Waals surface area contributed by atoms with E-state index in [1.165, 1.54) is 0 Å². The molecule has 92 valence electrons. The second-order valence-electron chi connectivity index (χ2n) is 3.90. The molecule has 0 saturated carbocycles. The van der Waals surface area contributed by atoms with Crippen LogP contribution in [0.4, 0.5) is 5.69 Å². The third-order valence-corrected chi connectivity index (χ3v) is 2.56. The molecule has 1 aliphatic heterocycles. The predicted molar refractivity (Wildman–Crippen MR) is 62.3 cm³/mol. The van der Waals surface area contributed by atoms with Crippen LogP contribution in [0.15, 0.2) is 12.1 Å². The molecule has 1 aliphatic rings. The number of benzene rings is 1. The highest BCUT2D eigenvalue weighted by Gasteiger charge is 2.16. The maximum absolute atomic E-state index is 11.5. The minimum atomic E-state index is -0.110. The van der Waals surface area contributed by atoms with Gasteiger partial charge in [0.2, 0.25) is 12.7 Å². The number of hydrogen-bond acceptors (Lipinski definition) is 4. The monoisotopic (exact) mass is 237 g/mol.